The highest BCUT2D eigenvalue weighted by molar-refractivity contribution is 9.10. The summed E-state index contributed by atoms with van der Waals surface area (Å²) in [7, 11) is 1.91. The van der Waals surface area contributed by atoms with Crippen LogP contribution in [0.2, 0.25) is 10.0 Å². The van der Waals surface area contributed by atoms with Gasteiger partial charge in [0.25, 0.3) is 0 Å². The molecule has 4 fully saturated rings. The zero-order valence-corrected chi connectivity index (χ0v) is 90.6. The zero-order chi connectivity index (χ0) is 101. The van der Waals surface area contributed by atoms with Crippen LogP contribution in [0.5, 0.6) is 0 Å². The second-order valence-electron chi connectivity index (χ2n) is 44.1. The second-order valence-corrected chi connectivity index (χ2v) is 46.8. The van der Waals surface area contributed by atoms with Crippen molar-refractivity contribution in [2.75, 3.05) is 46.3 Å². The molecule has 18 heteroatoms. The monoisotopic (exact) mass is 2030 g/mol. The Balaban J connectivity index is 0.000000285. The van der Waals surface area contributed by atoms with Gasteiger partial charge in [-0.15, -0.1) is 0 Å². The molecular weight excluding hydrogens is 1860 g/mol. The topological polar surface area (TPSA) is 77.4 Å². The summed E-state index contributed by atoms with van der Waals surface area (Å²) in [4.78, 5) is 2.04. The van der Waals surface area contributed by atoms with E-state index in [4.69, 9.17) is 28.9 Å². The average Bonchev–Trinajstić information content (AvgIpc) is 0.810. The maximum atomic E-state index is 14.3. The summed E-state index contributed by atoms with van der Waals surface area (Å²) in [5, 5.41) is 16.9. The maximum absolute atomic E-state index is 14.3. The number of hydrogen-bond donors (Lipinski definition) is 5. The van der Waals surface area contributed by atoms with Gasteiger partial charge in [0.2, 0.25) is 0 Å². The standard InChI is InChI=1S/2C21H32BrN.2C21H32ClN.C18H25F4N.C14H17F4N/c1-15(2)16(3)20(17-6-8-18(22)9-7-17)14-23-19-10-12-21(4,5)13-11-19;1-15(2)16(3)20(17-8-10-18(22)11-9-17)14-23-19-7-6-12-21(4,5)13-19;1-15(2)16(3)20(17-6-8-18(22)9-7-17)14-23-19-10-12-21(4,5)13-11-19;1-15(2)16(3)20(17-8-10-18(22)11-9-17)14-23-19-7-6-12-21(4,5)13-19;1-11(2)13(5)16(10-23(6)12(3)4)15-8-7-14(9-17(15)19)18(20,21)22;1-8(2)9(3)12(7-19)11-5-4-10(6-13(11)15)14(16,17)18/h6-9,15,19-20,23H,3,10-14H2,1-2,4-5H3;8-11,15,19-20,23H,3,6-7,12-14H2,1-2,4-5H3;6-9,15,19-20,23H,3,10-14H2,1-2,4-5H3;8-11,15,19-20,23H,3,6-7,12-14H2,1-2,4-5H3;7-9,11-12,16H,5,10H2,1-4,6H3;4-6,8,12H,3,7,19H2,1-2H3/t20-;19?,20-;20-;19?,20-;16-;12-/m000000/s1. The Morgan fingerprint density at radius 2 is 0.627 bits per heavy atom. The van der Waals surface area contributed by atoms with Crippen LogP contribution in [-0.2, 0) is 12.4 Å². The van der Waals surface area contributed by atoms with Crippen LogP contribution in [0.25, 0.3) is 0 Å². The highest BCUT2D eigenvalue weighted by Gasteiger charge is 2.37. The lowest BCUT2D eigenvalue weighted by molar-refractivity contribution is -0.138. The van der Waals surface area contributed by atoms with Crippen LogP contribution in [0, 0.1) is 68.8 Å². The molecule has 0 aromatic heterocycles. The summed E-state index contributed by atoms with van der Waals surface area (Å²) < 4.78 is 106. The van der Waals surface area contributed by atoms with Gasteiger partial charge >= 0.3 is 12.4 Å². The van der Waals surface area contributed by atoms with Crippen LogP contribution in [0.1, 0.15) is 335 Å². The fraction of sp³-hybridized carbons (Fsp3) is 0.586. The lowest BCUT2D eigenvalue weighted by Crippen LogP contribution is -2.39. The van der Waals surface area contributed by atoms with E-state index in [1.54, 1.807) is 0 Å². The molecule has 6 nitrogen and oxygen atoms in total. The first-order valence-corrected chi connectivity index (χ1v) is 51.8. The summed E-state index contributed by atoms with van der Waals surface area (Å²) in [6.07, 6.45) is 11.9. The van der Waals surface area contributed by atoms with E-state index < -0.39 is 41.0 Å². The minimum absolute atomic E-state index is 0.0789. The Kier molecular flexibility index (Phi) is 48.9. The van der Waals surface area contributed by atoms with Crippen molar-refractivity contribution in [1.29, 1.82) is 0 Å². The molecule has 10 rings (SSSR count). The van der Waals surface area contributed by atoms with E-state index in [-0.39, 0.29) is 41.5 Å². The van der Waals surface area contributed by atoms with Crippen LogP contribution in [0.15, 0.2) is 215 Å². The number of alkyl halides is 6. The predicted molar refractivity (Wildman–Crippen MR) is 567 cm³/mol. The van der Waals surface area contributed by atoms with Crippen molar-refractivity contribution in [1.82, 2.24) is 26.2 Å². The Bertz CT molecular complexity index is 4370. The molecule has 4 aliphatic carbocycles. The van der Waals surface area contributed by atoms with Gasteiger partial charge in [-0.1, -0.05) is 340 Å². The van der Waals surface area contributed by atoms with Crippen molar-refractivity contribution in [3.05, 3.63) is 282 Å². The Morgan fingerprint density at radius 1 is 0.373 bits per heavy atom. The molecular formula is C116H170Br2Cl2F8N6. The van der Waals surface area contributed by atoms with Gasteiger partial charge < -0.3 is 31.9 Å². The summed E-state index contributed by atoms with van der Waals surface area (Å²) in [5.41, 5.74) is 18.2. The van der Waals surface area contributed by atoms with Crippen molar-refractivity contribution in [2.45, 2.75) is 333 Å². The SMILES string of the molecule is C=C(C(C)C)[C@H](CN(C)C(C)C)c1ccc(C(F)(F)F)cc1F.C=C(C(C)C)[C@H](CN)c1ccc(C(F)(F)F)cc1F.C=C(C(C)C)[C@H](CNC1CCC(C)(C)CC1)c1ccc(Br)cc1.C=C(C(C)C)[C@H](CNC1CCC(C)(C)CC1)c1ccc(Cl)cc1.C=C(C(C)C)[C@H](CNC1CCCC(C)(C)C1)c1ccc(Br)cc1.C=C(C(C)C)[C@H](CNC1CCCC(C)(C)C1)c1ccc(Cl)cc1. The summed E-state index contributed by atoms with van der Waals surface area (Å²) in [6, 6.07) is 42.1. The van der Waals surface area contributed by atoms with Gasteiger partial charge in [-0.2, -0.15) is 26.3 Å². The van der Waals surface area contributed by atoms with Gasteiger partial charge in [0.1, 0.15) is 11.6 Å². The molecule has 8 atom stereocenters. The van der Waals surface area contributed by atoms with Crippen LogP contribution in [0.4, 0.5) is 35.1 Å². The number of hydrogen-bond acceptors (Lipinski definition) is 6. The predicted octanol–water partition coefficient (Wildman–Crippen LogP) is 34.6. The van der Waals surface area contributed by atoms with Gasteiger partial charge in [-0.05, 0) is 274 Å². The van der Waals surface area contributed by atoms with Gasteiger partial charge in [0.15, 0.2) is 0 Å². The van der Waals surface area contributed by atoms with Gasteiger partial charge in [0.05, 0.1) is 11.1 Å². The van der Waals surface area contributed by atoms with Crippen molar-refractivity contribution < 1.29 is 35.1 Å². The first kappa shape index (κ1) is 119. The van der Waals surface area contributed by atoms with E-state index >= 15 is 0 Å². The molecule has 0 bridgehead atoms. The van der Waals surface area contributed by atoms with E-state index in [2.05, 4.69) is 276 Å². The summed E-state index contributed by atoms with van der Waals surface area (Å²) in [5.74, 6) is 1.16. The molecule has 6 aromatic carbocycles. The fourth-order valence-electron chi connectivity index (χ4n) is 18.5. The summed E-state index contributed by atoms with van der Waals surface area (Å²) >= 11 is 19.2. The lowest BCUT2D eigenvalue weighted by Gasteiger charge is -2.36. The van der Waals surface area contributed by atoms with Crippen molar-refractivity contribution in [3.8, 4) is 0 Å². The molecule has 0 aliphatic heterocycles. The van der Waals surface area contributed by atoms with Crippen LogP contribution in [0.3, 0.4) is 0 Å². The third kappa shape index (κ3) is 40.2. The van der Waals surface area contributed by atoms with Crippen molar-refractivity contribution >= 4 is 55.1 Å². The fourth-order valence-corrected chi connectivity index (χ4v) is 19.3. The van der Waals surface area contributed by atoms with E-state index in [0.717, 1.165) is 68.9 Å². The van der Waals surface area contributed by atoms with Gasteiger partial charge in [-0.25, -0.2) is 8.78 Å². The van der Waals surface area contributed by atoms with E-state index in [1.807, 2.05) is 77.8 Å². The highest BCUT2D eigenvalue weighted by Crippen LogP contribution is 2.44. The Hall–Kier alpha value is -5.50. The zero-order valence-electron chi connectivity index (χ0n) is 85.9. The third-order valence-corrected chi connectivity index (χ3v) is 30.3. The molecule has 4 saturated carbocycles. The number of nitrogens with two attached hydrogens (primary N) is 1. The van der Waals surface area contributed by atoms with Crippen molar-refractivity contribution in [2.24, 2.45) is 62.9 Å². The number of benzene rings is 6. The summed E-state index contributed by atoms with van der Waals surface area (Å²) in [6.45, 7) is 78.7. The molecule has 134 heavy (non-hydrogen) atoms. The smallest absolute Gasteiger partial charge is 0.330 e. The van der Waals surface area contributed by atoms with Gasteiger partial charge in [-0.3, -0.25) is 0 Å². The average molecular weight is 2030 g/mol. The number of nitrogens with one attached hydrogen (secondary N) is 4. The first-order chi connectivity index (χ1) is 62.3. The minimum atomic E-state index is -4.55. The molecule has 0 heterocycles. The largest absolute Gasteiger partial charge is 0.416 e. The van der Waals surface area contributed by atoms with Crippen LogP contribution < -0.4 is 27.0 Å². The molecule has 6 aromatic rings. The van der Waals surface area contributed by atoms with E-state index in [1.165, 1.54) is 153 Å². The van der Waals surface area contributed by atoms with Crippen molar-refractivity contribution in [3.63, 3.8) is 0 Å². The van der Waals surface area contributed by atoms with Crippen LogP contribution in [-0.4, -0.2) is 81.4 Å². The van der Waals surface area contributed by atoms with Crippen LogP contribution >= 0.6 is 55.1 Å². The maximum Gasteiger partial charge on any atom is 0.416 e. The Labute approximate surface area is 834 Å². The Morgan fingerprint density at radius 3 is 0.873 bits per heavy atom. The molecule has 2 unspecified atom stereocenters. The van der Waals surface area contributed by atoms with E-state index in [9.17, 15) is 35.1 Å². The molecule has 6 N–H and O–H groups in total. The number of nitrogens with zero attached hydrogens (tertiary/aromatic N) is 1. The third-order valence-electron chi connectivity index (χ3n) is 28.7. The first-order valence-electron chi connectivity index (χ1n) is 49.5. The second kappa shape index (κ2) is 55.1. The molecule has 748 valence electrons. The minimum Gasteiger partial charge on any atom is -0.330 e. The molecule has 4 aliphatic rings. The molecule has 0 amide bonds. The van der Waals surface area contributed by atoms with E-state index in [0.29, 0.717) is 117 Å². The molecule has 0 radical (unpaired) electrons. The highest BCUT2D eigenvalue weighted by atomic mass is 79.9. The number of likely N-dealkylation sites (N-methyl/N-ethyl adjacent to an activating group) is 1. The normalized spacial score (nSPS) is 18.7. The number of halogens is 12. The number of rotatable bonds is 34. The lowest BCUT2D eigenvalue weighted by atomic mass is 9.75. The molecule has 0 spiro atoms. The quantitative estimate of drug-likeness (QED) is 0.0205. The van der Waals surface area contributed by atoms with Gasteiger partial charge in [0, 0.05) is 124 Å². The molecule has 0 saturated heterocycles.